The Morgan fingerprint density at radius 2 is 1.95 bits per heavy atom. The van der Waals surface area contributed by atoms with Gasteiger partial charge in [0.25, 0.3) is 0 Å². The molecule has 0 heterocycles. The molecule has 1 aliphatic rings. The van der Waals surface area contributed by atoms with E-state index in [2.05, 4.69) is 25.1 Å². The zero-order chi connectivity index (χ0) is 14.2. The third-order valence-electron chi connectivity index (χ3n) is 4.24. The fourth-order valence-corrected chi connectivity index (χ4v) is 2.98. The number of hydrogen-bond acceptors (Lipinski definition) is 2. The van der Waals surface area contributed by atoms with E-state index in [1.807, 2.05) is 0 Å². The van der Waals surface area contributed by atoms with Gasteiger partial charge in [-0.2, -0.15) is 0 Å². The van der Waals surface area contributed by atoms with E-state index in [1.54, 1.807) is 0 Å². The average Bonchev–Trinajstić information content (AvgIpc) is 2.47. The van der Waals surface area contributed by atoms with Gasteiger partial charge in [-0.25, -0.2) is 0 Å². The van der Waals surface area contributed by atoms with E-state index in [0.717, 1.165) is 25.2 Å². The topological polar surface area (TPSA) is 35.2 Å². The Hall–Kier alpha value is -1.02. The molecule has 1 aliphatic carbocycles. The highest BCUT2D eigenvalue weighted by molar-refractivity contribution is 5.39. The number of hydrogen-bond donors (Lipinski definition) is 1. The number of benzene rings is 1. The Bertz CT molecular complexity index is 402. The van der Waals surface area contributed by atoms with Crippen LogP contribution in [0.4, 0.5) is 0 Å². The van der Waals surface area contributed by atoms with Crippen LogP contribution in [0.25, 0.3) is 0 Å². The van der Waals surface area contributed by atoms with Crippen LogP contribution in [0.5, 0.6) is 5.75 Å². The summed E-state index contributed by atoms with van der Waals surface area (Å²) in [6.07, 6.45) is 11.3. The molecule has 1 unspecified atom stereocenters. The Morgan fingerprint density at radius 1 is 1.15 bits per heavy atom. The molecule has 112 valence electrons. The lowest BCUT2D eigenvalue weighted by molar-refractivity contribution is 0.303. The van der Waals surface area contributed by atoms with E-state index in [0.29, 0.717) is 0 Å². The summed E-state index contributed by atoms with van der Waals surface area (Å²) in [6.45, 7) is 3.09. The highest BCUT2D eigenvalue weighted by atomic mass is 16.5. The van der Waals surface area contributed by atoms with E-state index in [-0.39, 0.29) is 6.04 Å². The zero-order valence-corrected chi connectivity index (χ0v) is 12.9. The highest BCUT2D eigenvalue weighted by Gasteiger charge is 2.17. The van der Waals surface area contributed by atoms with Gasteiger partial charge in [0.1, 0.15) is 5.75 Å². The summed E-state index contributed by atoms with van der Waals surface area (Å²) in [5, 5.41) is 0. The largest absolute Gasteiger partial charge is 0.494 e. The average molecular weight is 275 g/mol. The molecule has 1 atom stereocenters. The van der Waals surface area contributed by atoms with Gasteiger partial charge in [0.05, 0.1) is 6.61 Å². The third-order valence-corrected chi connectivity index (χ3v) is 4.24. The van der Waals surface area contributed by atoms with Crippen LogP contribution in [-0.4, -0.2) is 6.61 Å². The molecule has 0 spiro atoms. The van der Waals surface area contributed by atoms with Gasteiger partial charge in [0, 0.05) is 6.04 Å². The van der Waals surface area contributed by atoms with Gasteiger partial charge in [0.2, 0.25) is 0 Å². The Labute approximate surface area is 123 Å². The van der Waals surface area contributed by atoms with Crippen LogP contribution in [0.15, 0.2) is 18.2 Å². The molecular weight excluding hydrogens is 246 g/mol. The van der Waals surface area contributed by atoms with Crippen LogP contribution in [0.2, 0.25) is 0 Å². The summed E-state index contributed by atoms with van der Waals surface area (Å²) in [7, 11) is 0. The minimum Gasteiger partial charge on any atom is -0.494 e. The van der Waals surface area contributed by atoms with Crippen LogP contribution in [0, 0.1) is 0 Å². The standard InChI is InChI=1S/C18H29NO/c1-2-3-4-5-6-7-13-20-16-12-11-15-9-8-10-18(19)17(15)14-16/h11-12,14,18H,2-10,13,19H2,1H3. The third kappa shape index (κ3) is 4.52. The lowest BCUT2D eigenvalue weighted by Crippen LogP contribution is -2.17. The number of unbranched alkanes of at least 4 members (excludes halogenated alkanes) is 5. The van der Waals surface area contributed by atoms with Crippen molar-refractivity contribution in [1.82, 2.24) is 0 Å². The molecule has 2 rings (SSSR count). The predicted molar refractivity (Wildman–Crippen MR) is 85.2 cm³/mol. The molecular formula is C18H29NO. The molecule has 0 aromatic heterocycles. The van der Waals surface area contributed by atoms with Gasteiger partial charge >= 0.3 is 0 Å². The Balaban J connectivity index is 1.72. The van der Waals surface area contributed by atoms with Crippen molar-refractivity contribution in [2.24, 2.45) is 5.73 Å². The maximum absolute atomic E-state index is 6.18. The maximum atomic E-state index is 6.18. The smallest absolute Gasteiger partial charge is 0.119 e. The van der Waals surface area contributed by atoms with Gasteiger partial charge in [-0.3, -0.25) is 0 Å². The highest BCUT2D eigenvalue weighted by Crippen LogP contribution is 2.30. The molecule has 0 saturated carbocycles. The molecule has 2 heteroatoms. The summed E-state index contributed by atoms with van der Waals surface area (Å²) in [4.78, 5) is 0. The van der Waals surface area contributed by atoms with Gasteiger partial charge < -0.3 is 10.5 Å². The van der Waals surface area contributed by atoms with Crippen molar-refractivity contribution in [2.75, 3.05) is 6.61 Å². The van der Waals surface area contributed by atoms with Crippen LogP contribution < -0.4 is 10.5 Å². The van der Waals surface area contributed by atoms with Crippen molar-refractivity contribution in [3.05, 3.63) is 29.3 Å². The summed E-state index contributed by atoms with van der Waals surface area (Å²) in [6, 6.07) is 6.67. The molecule has 2 N–H and O–H groups in total. The van der Waals surface area contributed by atoms with Crippen molar-refractivity contribution >= 4 is 0 Å². The van der Waals surface area contributed by atoms with Crippen LogP contribution in [0.1, 0.15) is 75.5 Å². The number of fused-ring (bicyclic) bond motifs is 1. The quantitative estimate of drug-likeness (QED) is 0.694. The van der Waals surface area contributed by atoms with Gasteiger partial charge in [0.15, 0.2) is 0 Å². The first-order valence-electron chi connectivity index (χ1n) is 8.32. The first-order valence-corrected chi connectivity index (χ1v) is 8.32. The molecule has 0 fully saturated rings. The molecule has 2 nitrogen and oxygen atoms in total. The normalized spacial score (nSPS) is 17.8. The summed E-state index contributed by atoms with van der Waals surface area (Å²) in [5.41, 5.74) is 8.90. The van der Waals surface area contributed by atoms with Crippen LogP contribution >= 0.6 is 0 Å². The van der Waals surface area contributed by atoms with E-state index in [4.69, 9.17) is 10.5 Å². The molecule has 0 aliphatic heterocycles. The number of nitrogens with two attached hydrogens (primary N) is 1. The molecule has 1 aromatic carbocycles. The van der Waals surface area contributed by atoms with Gasteiger partial charge in [-0.05, 0) is 48.9 Å². The zero-order valence-electron chi connectivity index (χ0n) is 12.9. The monoisotopic (exact) mass is 275 g/mol. The number of rotatable bonds is 8. The van der Waals surface area contributed by atoms with Crippen molar-refractivity contribution in [1.29, 1.82) is 0 Å². The minimum absolute atomic E-state index is 0.205. The molecule has 1 aromatic rings. The molecule has 20 heavy (non-hydrogen) atoms. The number of aryl methyl sites for hydroxylation is 1. The van der Waals surface area contributed by atoms with E-state index < -0.39 is 0 Å². The predicted octanol–water partition coefficient (Wildman–Crippen LogP) is 4.76. The van der Waals surface area contributed by atoms with Crippen molar-refractivity contribution in [3.8, 4) is 5.75 Å². The van der Waals surface area contributed by atoms with Crippen molar-refractivity contribution < 1.29 is 4.74 Å². The Morgan fingerprint density at radius 3 is 2.80 bits per heavy atom. The maximum Gasteiger partial charge on any atom is 0.119 e. The van der Waals surface area contributed by atoms with Gasteiger partial charge in [-0.15, -0.1) is 0 Å². The minimum atomic E-state index is 0.205. The lowest BCUT2D eigenvalue weighted by Gasteiger charge is -2.22. The molecule has 0 saturated heterocycles. The first-order chi connectivity index (χ1) is 9.81. The summed E-state index contributed by atoms with van der Waals surface area (Å²) in [5.74, 6) is 0.995. The Kier molecular flexibility index (Phi) is 6.38. The summed E-state index contributed by atoms with van der Waals surface area (Å²) >= 11 is 0. The molecule has 0 bridgehead atoms. The van der Waals surface area contributed by atoms with E-state index in [1.165, 1.54) is 56.1 Å². The second kappa shape index (κ2) is 8.31. The van der Waals surface area contributed by atoms with Crippen molar-refractivity contribution in [3.63, 3.8) is 0 Å². The lowest BCUT2D eigenvalue weighted by atomic mass is 9.88. The van der Waals surface area contributed by atoms with Crippen LogP contribution in [-0.2, 0) is 6.42 Å². The SMILES string of the molecule is CCCCCCCCOc1ccc2c(c1)C(N)CCC2. The van der Waals surface area contributed by atoms with Crippen molar-refractivity contribution in [2.45, 2.75) is 70.8 Å². The van der Waals surface area contributed by atoms with E-state index >= 15 is 0 Å². The molecule has 0 amide bonds. The fraction of sp³-hybridized carbons (Fsp3) is 0.667. The fourth-order valence-electron chi connectivity index (χ4n) is 2.98. The van der Waals surface area contributed by atoms with E-state index in [9.17, 15) is 0 Å². The van der Waals surface area contributed by atoms with Gasteiger partial charge in [-0.1, -0.05) is 45.1 Å². The summed E-state index contributed by atoms with van der Waals surface area (Å²) < 4.78 is 5.87. The molecule has 0 radical (unpaired) electrons. The number of ether oxygens (including phenoxy) is 1. The second-order valence-corrected chi connectivity index (χ2v) is 5.98. The van der Waals surface area contributed by atoms with Crippen LogP contribution in [0.3, 0.4) is 0 Å². The first kappa shape index (κ1) is 15.4. The second-order valence-electron chi connectivity index (χ2n) is 5.98.